The Balaban J connectivity index is 1.32. The van der Waals surface area contributed by atoms with Crippen LogP contribution in [0.3, 0.4) is 0 Å². The topological polar surface area (TPSA) is 74.3 Å². The summed E-state index contributed by atoms with van der Waals surface area (Å²) in [6.07, 6.45) is 0.679. The molecule has 1 amide bonds. The Labute approximate surface area is 196 Å². The number of fused-ring (bicyclic) bond motifs is 1. The summed E-state index contributed by atoms with van der Waals surface area (Å²) in [5.74, 6) is 1.26. The van der Waals surface area contributed by atoms with Crippen LogP contribution in [-0.4, -0.2) is 38.3 Å². The molecule has 0 bridgehead atoms. The van der Waals surface area contributed by atoms with Gasteiger partial charge in [0.25, 0.3) is 5.91 Å². The van der Waals surface area contributed by atoms with Crippen molar-refractivity contribution < 1.29 is 28.5 Å². The average molecular weight is 468 g/mol. The van der Waals surface area contributed by atoms with Crippen molar-refractivity contribution in [2.45, 2.75) is 19.4 Å². The molecule has 1 aliphatic rings. The molecule has 172 valence electrons. The Morgan fingerprint density at radius 1 is 0.970 bits per heavy atom. The van der Waals surface area contributed by atoms with Gasteiger partial charge in [0.2, 0.25) is 0 Å². The highest BCUT2D eigenvalue weighted by Gasteiger charge is 2.21. The minimum atomic E-state index is -0.432. The molecule has 0 aliphatic carbocycles. The molecule has 1 aromatic heterocycles. The number of rotatable bonds is 10. The smallest absolute Gasteiger partial charge is 0.306 e. The summed E-state index contributed by atoms with van der Waals surface area (Å²) in [7, 11) is 0. The van der Waals surface area contributed by atoms with E-state index in [-0.39, 0.29) is 18.9 Å². The third-order valence-corrected chi connectivity index (χ3v) is 5.79. The van der Waals surface area contributed by atoms with Gasteiger partial charge in [0.05, 0.1) is 13.2 Å². The second-order valence-electron chi connectivity index (χ2n) is 7.31. The molecule has 4 rings (SSSR count). The third kappa shape index (κ3) is 6.49. The molecular weight excluding hydrogens is 442 g/mol. The quantitative estimate of drug-likeness (QED) is 0.324. The molecule has 0 fully saturated rings. The maximum absolute atomic E-state index is 13.0. The standard InChI is InChI=1S/C25H25NO6S/c27-24(18-32-25(28)9-4-12-29-20-6-2-1-3-7-20)26(17-21-8-5-15-33-21)19-10-11-22-23(16-19)31-14-13-30-22/h1-3,5-8,10-11,15-16H,4,9,12-14,17-18H2. The van der Waals surface area contributed by atoms with Crippen LogP contribution in [0.4, 0.5) is 5.69 Å². The second-order valence-corrected chi connectivity index (χ2v) is 8.35. The normalized spacial score (nSPS) is 12.1. The molecule has 2 heterocycles. The predicted octanol–water partition coefficient (Wildman–Crippen LogP) is 4.45. The van der Waals surface area contributed by atoms with E-state index >= 15 is 0 Å². The number of hydrogen-bond acceptors (Lipinski definition) is 7. The van der Waals surface area contributed by atoms with Gasteiger partial charge in [-0.25, -0.2) is 0 Å². The van der Waals surface area contributed by atoms with Crippen LogP contribution in [0.15, 0.2) is 66.0 Å². The van der Waals surface area contributed by atoms with Crippen molar-refractivity contribution in [2.24, 2.45) is 0 Å². The van der Waals surface area contributed by atoms with Crippen LogP contribution in [0.25, 0.3) is 0 Å². The monoisotopic (exact) mass is 467 g/mol. The molecule has 0 N–H and O–H groups in total. The number of benzene rings is 2. The first-order chi connectivity index (χ1) is 16.2. The van der Waals surface area contributed by atoms with E-state index in [9.17, 15) is 9.59 Å². The fourth-order valence-corrected chi connectivity index (χ4v) is 3.99. The SMILES string of the molecule is O=C(CCCOc1ccccc1)OCC(=O)N(Cc1cccs1)c1ccc2c(c1)OCCO2. The molecule has 7 nitrogen and oxygen atoms in total. The number of carbonyl (C=O) groups is 2. The van der Waals surface area contributed by atoms with Crippen molar-refractivity contribution in [2.75, 3.05) is 31.3 Å². The van der Waals surface area contributed by atoms with Crippen molar-refractivity contribution in [1.29, 1.82) is 0 Å². The molecule has 3 aromatic rings. The number of carbonyl (C=O) groups excluding carboxylic acids is 2. The van der Waals surface area contributed by atoms with E-state index in [1.54, 1.807) is 28.4 Å². The first-order valence-corrected chi connectivity index (χ1v) is 11.6. The first-order valence-electron chi connectivity index (χ1n) is 10.7. The van der Waals surface area contributed by atoms with Crippen LogP contribution in [-0.2, 0) is 20.9 Å². The highest BCUT2D eigenvalue weighted by atomic mass is 32.1. The lowest BCUT2D eigenvalue weighted by Crippen LogP contribution is -2.34. The van der Waals surface area contributed by atoms with Crippen molar-refractivity contribution in [3.05, 3.63) is 70.9 Å². The molecule has 0 saturated carbocycles. The van der Waals surface area contributed by atoms with Gasteiger partial charge in [-0.15, -0.1) is 11.3 Å². The van der Waals surface area contributed by atoms with Crippen LogP contribution in [0, 0.1) is 0 Å². The second kappa shape index (κ2) is 11.4. The van der Waals surface area contributed by atoms with E-state index in [0.717, 1.165) is 10.6 Å². The summed E-state index contributed by atoms with van der Waals surface area (Å²) < 4.78 is 22.1. The molecule has 0 unspecified atom stereocenters. The number of nitrogens with zero attached hydrogens (tertiary/aromatic N) is 1. The summed E-state index contributed by atoms with van der Waals surface area (Å²) in [6, 6.07) is 18.7. The van der Waals surface area contributed by atoms with Gasteiger partial charge in [-0.1, -0.05) is 24.3 Å². The summed E-state index contributed by atoms with van der Waals surface area (Å²) in [5.41, 5.74) is 0.657. The Kier molecular flexibility index (Phi) is 7.81. The van der Waals surface area contributed by atoms with Gasteiger partial charge in [-0.05, 0) is 42.1 Å². The molecule has 8 heteroatoms. The van der Waals surface area contributed by atoms with Gasteiger partial charge in [0, 0.05) is 23.1 Å². The molecule has 2 aromatic carbocycles. The lowest BCUT2D eigenvalue weighted by atomic mass is 10.2. The highest BCUT2D eigenvalue weighted by molar-refractivity contribution is 7.09. The number of thiophene rings is 1. The third-order valence-electron chi connectivity index (χ3n) is 4.93. The zero-order valence-corrected chi connectivity index (χ0v) is 18.9. The van der Waals surface area contributed by atoms with Crippen LogP contribution in [0.2, 0.25) is 0 Å². The van der Waals surface area contributed by atoms with Crippen molar-refractivity contribution in [3.8, 4) is 17.2 Å². The summed E-state index contributed by atoms with van der Waals surface area (Å²) in [5, 5.41) is 1.96. The van der Waals surface area contributed by atoms with E-state index in [1.807, 2.05) is 53.9 Å². The minimum Gasteiger partial charge on any atom is -0.494 e. The Morgan fingerprint density at radius 2 is 1.79 bits per heavy atom. The number of anilines is 1. The Morgan fingerprint density at radius 3 is 2.58 bits per heavy atom. The van der Waals surface area contributed by atoms with Gasteiger partial charge < -0.3 is 23.8 Å². The van der Waals surface area contributed by atoms with E-state index in [4.69, 9.17) is 18.9 Å². The van der Waals surface area contributed by atoms with Crippen molar-refractivity contribution >= 4 is 28.9 Å². The summed E-state index contributed by atoms with van der Waals surface area (Å²) in [4.78, 5) is 27.8. The fourth-order valence-electron chi connectivity index (χ4n) is 3.30. The number of ether oxygens (including phenoxy) is 4. The van der Waals surface area contributed by atoms with Gasteiger partial charge in [-0.3, -0.25) is 9.59 Å². The molecule has 0 spiro atoms. The Hall–Kier alpha value is -3.52. The maximum atomic E-state index is 13.0. The van der Waals surface area contributed by atoms with E-state index < -0.39 is 5.97 Å². The van der Waals surface area contributed by atoms with Crippen molar-refractivity contribution in [1.82, 2.24) is 0 Å². The van der Waals surface area contributed by atoms with Crippen molar-refractivity contribution in [3.63, 3.8) is 0 Å². The van der Waals surface area contributed by atoms with Crippen LogP contribution >= 0.6 is 11.3 Å². The van der Waals surface area contributed by atoms with E-state index in [0.29, 0.717) is 50.0 Å². The van der Waals surface area contributed by atoms with Gasteiger partial charge in [0.15, 0.2) is 18.1 Å². The number of para-hydroxylation sites is 1. The Bertz CT molecular complexity index is 1050. The largest absolute Gasteiger partial charge is 0.494 e. The van der Waals surface area contributed by atoms with Crippen LogP contribution < -0.4 is 19.1 Å². The number of hydrogen-bond donors (Lipinski definition) is 0. The predicted molar refractivity (Wildman–Crippen MR) is 125 cm³/mol. The molecular formula is C25H25NO6S. The number of amides is 1. The molecule has 0 radical (unpaired) electrons. The van der Waals surface area contributed by atoms with E-state index in [2.05, 4.69) is 0 Å². The van der Waals surface area contributed by atoms with Gasteiger partial charge in [0.1, 0.15) is 19.0 Å². The highest BCUT2D eigenvalue weighted by Crippen LogP contribution is 2.34. The van der Waals surface area contributed by atoms with Crippen LogP contribution in [0.1, 0.15) is 17.7 Å². The minimum absolute atomic E-state index is 0.176. The van der Waals surface area contributed by atoms with Crippen LogP contribution in [0.5, 0.6) is 17.2 Å². The molecule has 0 atom stereocenters. The maximum Gasteiger partial charge on any atom is 0.306 e. The van der Waals surface area contributed by atoms with Gasteiger partial charge >= 0.3 is 5.97 Å². The molecule has 0 saturated heterocycles. The molecule has 1 aliphatic heterocycles. The molecule has 33 heavy (non-hydrogen) atoms. The van der Waals surface area contributed by atoms with E-state index in [1.165, 1.54) is 0 Å². The summed E-state index contributed by atoms with van der Waals surface area (Å²) in [6.45, 7) is 1.39. The lowest BCUT2D eigenvalue weighted by Gasteiger charge is -2.25. The zero-order valence-electron chi connectivity index (χ0n) is 18.1. The fraction of sp³-hybridized carbons (Fsp3) is 0.280. The zero-order chi connectivity index (χ0) is 22.9. The van der Waals surface area contributed by atoms with Gasteiger partial charge in [-0.2, -0.15) is 0 Å². The first kappa shape index (κ1) is 22.7. The number of esters is 1. The lowest BCUT2D eigenvalue weighted by molar-refractivity contribution is -0.148. The average Bonchev–Trinajstić information content (AvgIpc) is 3.37. The summed E-state index contributed by atoms with van der Waals surface area (Å²) >= 11 is 1.56.